The fourth-order valence-corrected chi connectivity index (χ4v) is 0.866. The first-order valence-electron chi connectivity index (χ1n) is 2.51. The summed E-state index contributed by atoms with van der Waals surface area (Å²) in [6, 6.07) is 0. The molecule has 5 heteroatoms. The molecule has 0 saturated carbocycles. The van der Waals surface area contributed by atoms with E-state index in [0.717, 1.165) is 0 Å². The topological polar surface area (TPSA) is 53.7 Å². The highest BCUT2D eigenvalue weighted by molar-refractivity contribution is 6.36. The minimum atomic E-state index is -1.67. The summed E-state index contributed by atoms with van der Waals surface area (Å²) in [5.74, 6) is 0. The van der Waals surface area contributed by atoms with E-state index in [9.17, 15) is 0 Å². The quantitative estimate of drug-likeness (QED) is 0.540. The molecule has 0 aliphatic rings. The standard InChI is InChI=1S/C3H10O3Si.CH5N/c1-4-7(5-2)6-3;1-2/h7H,1-3H3;2H2,1H3. The molecule has 0 rings (SSSR count). The molecule has 0 aromatic rings. The van der Waals surface area contributed by atoms with Crippen molar-refractivity contribution in [3.63, 3.8) is 0 Å². The van der Waals surface area contributed by atoms with Gasteiger partial charge in [0.1, 0.15) is 0 Å². The van der Waals surface area contributed by atoms with E-state index in [0.29, 0.717) is 0 Å². The Balaban J connectivity index is 0. The van der Waals surface area contributed by atoms with E-state index < -0.39 is 9.53 Å². The first kappa shape index (κ1) is 11.8. The second-order valence-electron chi connectivity index (χ2n) is 0.996. The summed E-state index contributed by atoms with van der Waals surface area (Å²) in [6.07, 6.45) is 0. The lowest BCUT2D eigenvalue weighted by atomic mass is 11.6. The molecule has 0 aliphatic heterocycles. The molecule has 0 amide bonds. The van der Waals surface area contributed by atoms with E-state index >= 15 is 0 Å². The van der Waals surface area contributed by atoms with Crippen LogP contribution in [-0.4, -0.2) is 37.9 Å². The Hall–Kier alpha value is 0.0569. The average Bonchev–Trinajstić information content (AvgIpc) is 1.96. The minimum Gasteiger partial charge on any atom is -0.379 e. The van der Waals surface area contributed by atoms with Crippen molar-refractivity contribution in [1.29, 1.82) is 0 Å². The predicted molar refractivity (Wildman–Crippen MR) is 38.3 cm³/mol. The molecule has 58 valence electrons. The summed E-state index contributed by atoms with van der Waals surface area (Å²) in [7, 11) is 4.55. The van der Waals surface area contributed by atoms with Crippen LogP contribution in [0.25, 0.3) is 0 Å². The number of hydrogen-bond acceptors (Lipinski definition) is 4. The monoisotopic (exact) mass is 153 g/mol. The van der Waals surface area contributed by atoms with Crippen molar-refractivity contribution in [3.8, 4) is 0 Å². The number of hydrogen-bond donors (Lipinski definition) is 1. The van der Waals surface area contributed by atoms with Gasteiger partial charge < -0.3 is 19.0 Å². The molecule has 0 fully saturated rings. The van der Waals surface area contributed by atoms with Crippen LogP contribution in [0.2, 0.25) is 0 Å². The van der Waals surface area contributed by atoms with Crippen molar-refractivity contribution >= 4 is 9.53 Å². The van der Waals surface area contributed by atoms with Gasteiger partial charge in [0.25, 0.3) is 0 Å². The minimum absolute atomic E-state index is 1.50. The van der Waals surface area contributed by atoms with E-state index in [1.54, 1.807) is 21.3 Å². The Bertz CT molecular complexity index is 37.3. The molecule has 4 nitrogen and oxygen atoms in total. The summed E-state index contributed by atoms with van der Waals surface area (Å²) in [6.45, 7) is 0. The summed E-state index contributed by atoms with van der Waals surface area (Å²) in [5, 5.41) is 0. The number of rotatable bonds is 3. The Morgan fingerprint density at radius 2 is 1.11 bits per heavy atom. The van der Waals surface area contributed by atoms with Gasteiger partial charge in [0.15, 0.2) is 0 Å². The lowest BCUT2D eigenvalue weighted by Crippen LogP contribution is -2.21. The molecule has 0 aromatic heterocycles. The Morgan fingerprint density at radius 1 is 0.889 bits per heavy atom. The second-order valence-corrected chi connectivity index (χ2v) is 2.99. The molecule has 0 radical (unpaired) electrons. The van der Waals surface area contributed by atoms with Gasteiger partial charge in [0.2, 0.25) is 0 Å². The SMILES string of the molecule is CN.CO[SiH](OC)OC. The van der Waals surface area contributed by atoms with Crippen LogP contribution in [-0.2, 0) is 13.3 Å². The maximum absolute atomic E-state index is 4.74. The van der Waals surface area contributed by atoms with Crippen molar-refractivity contribution in [3.05, 3.63) is 0 Å². The maximum atomic E-state index is 4.74. The normalized spacial score (nSPS) is 8.67. The van der Waals surface area contributed by atoms with E-state index in [1.165, 1.54) is 7.05 Å². The largest absolute Gasteiger partial charge is 0.483 e. The fraction of sp³-hybridized carbons (Fsp3) is 1.00. The molecule has 2 N–H and O–H groups in total. The highest BCUT2D eigenvalue weighted by Gasteiger charge is 2.04. The van der Waals surface area contributed by atoms with Crippen molar-refractivity contribution < 1.29 is 13.3 Å². The molecule has 0 saturated heterocycles. The predicted octanol–water partition coefficient (Wildman–Crippen LogP) is -0.782. The Morgan fingerprint density at radius 3 is 1.11 bits per heavy atom. The van der Waals surface area contributed by atoms with Gasteiger partial charge in [-0.15, -0.1) is 0 Å². The Kier molecular flexibility index (Phi) is 14.3. The van der Waals surface area contributed by atoms with Gasteiger partial charge in [-0.05, 0) is 7.05 Å². The van der Waals surface area contributed by atoms with Gasteiger partial charge in [-0.25, -0.2) is 0 Å². The summed E-state index contributed by atoms with van der Waals surface area (Å²) >= 11 is 0. The summed E-state index contributed by atoms with van der Waals surface area (Å²) in [4.78, 5) is 0. The van der Waals surface area contributed by atoms with Crippen LogP contribution >= 0.6 is 0 Å². The van der Waals surface area contributed by atoms with Gasteiger partial charge in [-0.1, -0.05) is 0 Å². The molecule has 0 bridgehead atoms. The molecule has 9 heavy (non-hydrogen) atoms. The first-order valence-corrected chi connectivity index (χ1v) is 3.92. The van der Waals surface area contributed by atoms with Crippen LogP contribution in [0.5, 0.6) is 0 Å². The van der Waals surface area contributed by atoms with E-state index in [2.05, 4.69) is 5.73 Å². The third kappa shape index (κ3) is 8.06. The Labute approximate surface area is 57.9 Å². The smallest absolute Gasteiger partial charge is 0.379 e. The van der Waals surface area contributed by atoms with Crippen molar-refractivity contribution in [1.82, 2.24) is 0 Å². The molecular weight excluding hydrogens is 138 g/mol. The van der Waals surface area contributed by atoms with Gasteiger partial charge in [-0.3, -0.25) is 0 Å². The number of nitrogens with two attached hydrogens (primary N) is 1. The first-order chi connectivity index (χ1) is 4.35. The molecule has 0 spiro atoms. The lowest BCUT2D eigenvalue weighted by Gasteiger charge is -2.05. The third-order valence-electron chi connectivity index (χ3n) is 0.577. The molecule has 0 aliphatic carbocycles. The molecule has 0 unspecified atom stereocenters. The zero-order chi connectivity index (χ0) is 7.70. The zero-order valence-electron chi connectivity index (χ0n) is 6.38. The van der Waals surface area contributed by atoms with Gasteiger partial charge in [0.05, 0.1) is 0 Å². The summed E-state index contributed by atoms with van der Waals surface area (Å²) < 4.78 is 14.2. The van der Waals surface area contributed by atoms with Crippen LogP contribution in [0.4, 0.5) is 0 Å². The van der Waals surface area contributed by atoms with Crippen molar-refractivity contribution in [2.75, 3.05) is 28.4 Å². The van der Waals surface area contributed by atoms with Gasteiger partial charge >= 0.3 is 9.53 Å². The maximum Gasteiger partial charge on any atom is 0.483 e. The molecular formula is C4H15NO3Si. The molecule has 0 atom stereocenters. The van der Waals surface area contributed by atoms with Crippen LogP contribution < -0.4 is 5.73 Å². The van der Waals surface area contributed by atoms with Crippen LogP contribution in [0.15, 0.2) is 0 Å². The molecule has 0 aromatic carbocycles. The van der Waals surface area contributed by atoms with E-state index in [1.807, 2.05) is 0 Å². The van der Waals surface area contributed by atoms with Crippen LogP contribution in [0, 0.1) is 0 Å². The van der Waals surface area contributed by atoms with Gasteiger partial charge in [-0.2, -0.15) is 0 Å². The van der Waals surface area contributed by atoms with Crippen LogP contribution in [0.3, 0.4) is 0 Å². The van der Waals surface area contributed by atoms with E-state index in [-0.39, 0.29) is 0 Å². The fourth-order valence-electron chi connectivity index (χ4n) is 0.289. The zero-order valence-corrected chi connectivity index (χ0v) is 7.53. The van der Waals surface area contributed by atoms with Crippen molar-refractivity contribution in [2.45, 2.75) is 0 Å². The highest BCUT2D eigenvalue weighted by Crippen LogP contribution is 1.81. The third-order valence-corrected chi connectivity index (χ3v) is 1.73. The average molecular weight is 153 g/mol. The van der Waals surface area contributed by atoms with Gasteiger partial charge in [0, 0.05) is 21.3 Å². The molecule has 0 heterocycles. The second kappa shape index (κ2) is 10.9. The van der Waals surface area contributed by atoms with E-state index in [4.69, 9.17) is 13.3 Å². The summed E-state index contributed by atoms with van der Waals surface area (Å²) in [5.41, 5.74) is 4.50. The highest BCUT2D eigenvalue weighted by atomic mass is 28.3. The lowest BCUT2D eigenvalue weighted by molar-refractivity contribution is 0.163. The van der Waals surface area contributed by atoms with Crippen LogP contribution in [0.1, 0.15) is 0 Å². The van der Waals surface area contributed by atoms with Crippen molar-refractivity contribution in [2.24, 2.45) is 5.73 Å².